The van der Waals surface area contributed by atoms with E-state index in [1.54, 1.807) is 0 Å². The third-order valence-electron chi connectivity index (χ3n) is 4.77. The first-order chi connectivity index (χ1) is 9.66. The van der Waals surface area contributed by atoms with E-state index in [0.29, 0.717) is 0 Å². The lowest BCUT2D eigenvalue weighted by atomic mass is 10.0. The fourth-order valence-electron chi connectivity index (χ4n) is 3.81. The van der Waals surface area contributed by atoms with Crippen LogP contribution in [0.25, 0.3) is 10.9 Å². The lowest BCUT2D eigenvalue weighted by Gasteiger charge is -2.29. The minimum Gasteiger partial charge on any atom is -0.344 e. The Labute approximate surface area is 119 Å². The van der Waals surface area contributed by atoms with Crippen molar-refractivity contribution >= 4 is 16.8 Å². The molecule has 0 atom stereocenters. The Morgan fingerprint density at radius 2 is 2.05 bits per heavy atom. The number of benzene rings is 1. The summed E-state index contributed by atoms with van der Waals surface area (Å²) in [4.78, 5) is 14.3. The highest BCUT2D eigenvalue weighted by Gasteiger charge is 2.29. The van der Waals surface area contributed by atoms with Crippen molar-refractivity contribution in [3.63, 3.8) is 0 Å². The van der Waals surface area contributed by atoms with Crippen LogP contribution in [-0.4, -0.2) is 21.9 Å². The molecule has 0 spiro atoms. The van der Waals surface area contributed by atoms with Gasteiger partial charge in [0.1, 0.15) is 0 Å². The molecule has 0 aliphatic carbocycles. The van der Waals surface area contributed by atoms with Crippen molar-refractivity contribution in [2.24, 2.45) is 5.92 Å². The first-order valence-corrected chi connectivity index (χ1v) is 7.57. The van der Waals surface area contributed by atoms with Crippen molar-refractivity contribution in [2.45, 2.75) is 39.8 Å². The minimum atomic E-state index is 0.0911. The molecule has 0 bridgehead atoms. The van der Waals surface area contributed by atoms with Crippen LogP contribution >= 0.6 is 0 Å². The van der Waals surface area contributed by atoms with Gasteiger partial charge in [-0.2, -0.15) is 0 Å². The third-order valence-corrected chi connectivity index (χ3v) is 4.77. The number of para-hydroxylation sites is 1. The number of rotatable bonds is 1. The van der Waals surface area contributed by atoms with Crippen LogP contribution in [-0.2, 0) is 30.7 Å². The first kappa shape index (κ1) is 12.0. The molecule has 0 saturated carbocycles. The van der Waals surface area contributed by atoms with E-state index < -0.39 is 0 Å². The second-order valence-electron chi connectivity index (χ2n) is 6.30. The Balaban J connectivity index is 1.83. The van der Waals surface area contributed by atoms with Crippen molar-refractivity contribution in [1.29, 1.82) is 0 Å². The summed E-state index contributed by atoms with van der Waals surface area (Å²) < 4.78 is 2.50. The number of amides is 1. The number of carbonyl (C=O) groups is 1. The molecule has 3 heteroatoms. The molecular formula is C17H20N2O. The van der Waals surface area contributed by atoms with E-state index in [1.807, 2.05) is 18.7 Å². The largest absolute Gasteiger partial charge is 0.344 e. The molecule has 104 valence electrons. The molecule has 4 rings (SSSR count). The second-order valence-corrected chi connectivity index (χ2v) is 6.30. The van der Waals surface area contributed by atoms with Gasteiger partial charge in [-0.3, -0.25) is 4.79 Å². The zero-order valence-electron chi connectivity index (χ0n) is 12.1. The van der Waals surface area contributed by atoms with Crippen molar-refractivity contribution in [2.75, 3.05) is 6.54 Å². The summed E-state index contributed by atoms with van der Waals surface area (Å²) >= 11 is 0. The van der Waals surface area contributed by atoms with E-state index in [1.165, 1.54) is 27.7 Å². The van der Waals surface area contributed by atoms with Crippen molar-refractivity contribution < 1.29 is 4.79 Å². The summed E-state index contributed by atoms with van der Waals surface area (Å²) in [7, 11) is 0. The lowest BCUT2D eigenvalue weighted by Crippen LogP contribution is -2.38. The van der Waals surface area contributed by atoms with Gasteiger partial charge >= 0.3 is 0 Å². The van der Waals surface area contributed by atoms with Gasteiger partial charge in [-0.05, 0) is 12.0 Å². The van der Waals surface area contributed by atoms with Crippen LogP contribution in [0.5, 0.6) is 0 Å². The molecule has 0 radical (unpaired) electrons. The molecule has 3 nitrogen and oxygen atoms in total. The molecule has 20 heavy (non-hydrogen) atoms. The standard InChI is InChI=1S/C17H20N2O/c1-11(2)17(20)18-8-7-15-14(10-18)13-5-3-4-12-6-9-19(15)16(12)13/h3-5,11H,6-10H2,1-2H3. The molecule has 0 saturated heterocycles. The van der Waals surface area contributed by atoms with Gasteiger partial charge < -0.3 is 9.47 Å². The summed E-state index contributed by atoms with van der Waals surface area (Å²) in [6.07, 6.45) is 2.16. The van der Waals surface area contributed by atoms with Gasteiger partial charge in [0.05, 0.1) is 5.52 Å². The second kappa shape index (κ2) is 4.11. The Morgan fingerprint density at radius 1 is 1.20 bits per heavy atom. The zero-order chi connectivity index (χ0) is 13.9. The average molecular weight is 268 g/mol. The molecule has 1 aromatic heterocycles. The fraction of sp³-hybridized carbons (Fsp3) is 0.471. The van der Waals surface area contributed by atoms with Gasteiger partial charge in [-0.1, -0.05) is 32.0 Å². The summed E-state index contributed by atoms with van der Waals surface area (Å²) in [6.45, 7) is 6.75. The molecule has 2 aliphatic rings. The van der Waals surface area contributed by atoms with Crippen molar-refractivity contribution in [3.8, 4) is 0 Å². The normalized spacial score (nSPS) is 17.1. The van der Waals surface area contributed by atoms with Crippen LogP contribution in [0.4, 0.5) is 0 Å². The number of carbonyl (C=O) groups excluding carboxylic acids is 1. The number of hydrogen-bond donors (Lipinski definition) is 0. The van der Waals surface area contributed by atoms with E-state index in [-0.39, 0.29) is 11.8 Å². The van der Waals surface area contributed by atoms with Gasteiger partial charge in [-0.25, -0.2) is 0 Å². The first-order valence-electron chi connectivity index (χ1n) is 7.57. The Hall–Kier alpha value is -1.77. The quantitative estimate of drug-likeness (QED) is 0.780. The molecule has 2 aromatic rings. The SMILES string of the molecule is CC(C)C(=O)N1CCc2c(c3cccc4c3n2CC4)C1. The van der Waals surface area contributed by atoms with Crippen LogP contribution in [0.1, 0.15) is 30.7 Å². The van der Waals surface area contributed by atoms with Gasteiger partial charge in [0.2, 0.25) is 5.91 Å². The molecule has 1 aromatic carbocycles. The highest BCUT2D eigenvalue weighted by molar-refractivity contribution is 5.90. The van der Waals surface area contributed by atoms with E-state index in [0.717, 1.165) is 32.5 Å². The summed E-state index contributed by atoms with van der Waals surface area (Å²) in [6, 6.07) is 6.63. The highest BCUT2D eigenvalue weighted by Crippen LogP contribution is 2.36. The smallest absolute Gasteiger partial charge is 0.225 e. The average Bonchev–Trinajstić information content (AvgIpc) is 3.02. The van der Waals surface area contributed by atoms with Gasteiger partial charge in [0, 0.05) is 48.6 Å². The molecule has 0 N–H and O–H groups in total. The van der Waals surface area contributed by atoms with Crippen LogP contribution in [0.2, 0.25) is 0 Å². The maximum absolute atomic E-state index is 12.3. The molecule has 3 heterocycles. The number of aromatic nitrogens is 1. The zero-order valence-corrected chi connectivity index (χ0v) is 12.1. The summed E-state index contributed by atoms with van der Waals surface area (Å²) in [5.74, 6) is 0.373. The monoisotopic (exact) mass is 268 g/mol. The minimum absolute atomic E-state index is 0.0911. The van der Waals surface area contributed by atoms with E-state index in [4.69, 9.17) is 0 Å². The van der Waals surface area contributed by atoms with Gasteiger partial charge in [0.25, 0.3) is 0 Å². The lowest BCUT2D eigenvalue weighted by molar-refractivity contribution is -0.135. The molecule has 1 amide bonds. The van der Waals surface area contributed by atoms with Crippen LogP contribution < -0.4 is 0 Å². The van der Waals surface area contributed by atoms with Crippen molar-refractivity contribution in [1.82, 2.24) is 9.47 Å². The Bertz CT molecular complexity index is 711. The van der Waals surface area contributed by atoms with Crippen LogP contribution in [0.15, 0.2) is 18.2 Å². The topological polar surface area (TPSA) is 25.2 Å². The molecule has 2 aliphatic heterocycles. The maximum atomic E-state index is 12.3. The maximum Gasteiger partial charge on any atom is 0.225 e. The van der Waals surface area contributed by atoms with Gasteiger partial charge in [0.15, 0.2) is 0 Å². The molecular weight excluding hydrogens is 248 g/mol. The van der Waals surface area contributed by atoms with Crippen LogP contribution in [0, 0.1) is 5.92 Å². The molecule has 0 fully saturated rings. The Kier molecular flexibility index (Phi) is 2.47. The molecule has 0 unspecified atom stereocenters. The van der Waals surface area contributed by atoms with Crippen molar-refractivity contribution in [3.05, 3.63) is 35.0 Å². The third kappa shape index (κ3) is 1.49. The summed E-state index contributed by atoms with van der Waals surface area (Å²) in [5.41, 5.74) is 5.76. The highest BCUT2D eigenvalue weighted by atomic mass is 16.2. The summed E-state index contributed by atoms with van der Waals surface area (Å²) in [5, 5.41) is 1.37. The van der Waals surface area contributed by atoms with E-state index in [9.17, 15) is 4.79 Å². The van der Waals surface area contributed by atoms with E-state index in [2.05, 4.69) is 22.8 Å². The van der Waals surface area contributed by atoms with Crippen LogP contribution in [0.3, 0.4) is 0 Å². The number of hydrogen-bond acceptors (Lipinski definition) is 1. The fourth-order valence-corrected chi connectivity index (χ4v) is 3.81. The van der Waals surface area contributed by atoms with E-state index >= 15 is 0 Å². The Morgan fingerprint density at radius 3 is 2.85 bits per heavy atom. The predicted octanol–water partition coefficient (Wildman–Crippen LogP) is 2.74. The number of aryl methyl sites for hydroxylation is 2. The van der Waals surface area contributed by atoms with Gasteiger partial charge in [-0.15, -0.1) is 0 Å². The predicted molar refractivity (Wildman–Crippen MR) is 79.6 cm³/mol. The number of fused-ring (bicyclic) bond motifs is 3. The number of nitrogens with zero attached hydrogens (tertiary/aromatic N) is 2.